The van der Waals surface area contributed by atoms with Gasteiger partial charge in [0.2, 0.25) is 5.91 Å². The molecule has 1 aromatic rings. The largest absolute Gasteiger partial charge is 0.409 e. The first-order chi connectivity index (χ1) is 9.10. The van der Waals surface area contributed by atoms with Crippen LogP contribution in [0.3, 0.4) is 0 Å². The van der Waals surface area contributed by atoms with Crippen LogP contribution < -0.4 is 11.1 Å². The number of nitrogens with zero attached hydrogens (tertiary/aromatic N) is 3. The number of fused-ring (bicyclic) bond motifs is 1. The van der Waals surface area contributed by atoms with E-state index in [1.54, 1.807) is 7.05 Å². The average Bonchev–Trinajstić information content (AvgIpc) is 2.84. The number of hydrogen-bond acceptors (Lipinski definition) is 4. The normalized spacial score (nSPS) is 29.1. The lowest BCUT2D eigenvalue weighted by Gasteiger charge is -2.13. The van der Waals surface area contributed by atoms with Crippen LogP contribution >= 0.6 is 0 Å². The zero-order valence-electron chi connectivity index (χ0n) is 10.7. The topological polar surface area (TPSA) is 106 Å². The number of nitrogens with two attached hydrogens (primary N) is 1. The van der Waals surface area contributed by atoms with E-state index in [0.29, 0.717) is 11.4 Å². The Bertz CT molecular complexity index is 540. The van der Waals surface area contributed by atoms with Gasteiger partial charge in [0.1, 0.15) is 5.82 Å². The number of amides is 1. The van der Waals surface area contributed by atoms with Gasteiger partial charge in [0.25, 0.3) is 0 Å². The number of anilines is 1. The lowest BCUT2D eigenvalue weighted by molar-refractivity contribution is -0.120. The molecule has 0 spiro atoms. The first-order valence-corrected chi connectivity index (χ1v) is 6.41. The number of nitrogens with one attached hydrogen (secondary N) is 1. The molecule has 19 heavy (non-hydrogen) atoms. The molecular weight excluding hydrogens is 246 g/mol. The minimum absolute atomic E-state index is 0.00258. The first-order valence-electron chi connectivity index (χ1n) is 6.41. The Hall–Kier alpha value is -2.05. The SMILES string of the molecule is Cn1ncc(C(N)=NO)c1NC(=O)C1CC2CC2C1. The molecule has 7 nitrogen and oxygen atoms in total. The molecule has 3 rings (SSSR count). The fourth-order valence-corrected chi connectivity index (χ4v) is 2.97. The van der Waals surface area contributed by atoms with Crippen LogP contribution in [0.4, 0.5) is 5.82 Å². The summed E-state index contributed by atoms with van der Waals surface area (Å²) in [6.45, 7) is 0. The standard InChI is InChI=1S/C12H17N5O2/c1-17-11(9(5-14-17)10(13)16-19)15-12(18)8-3-6-2-7(6)4-8/h5-8,19H,2-4H2,1H3,(H2,13,16)(H,15,18). The second kappa shape index (κ2) is 4.25. The molecule has 0 aliphatic heterocycles. The molecule has 0 radical (unpaired) electrons. The molecule has 2 fully saturated rings. The monoisotopic (exact) mass is 263 g/mol. The number of amidine groups is 1. The Labute approximate surface area is 110 Å². The molecule has 2 unspecified atom stereocenters. The Morgan fingerprint density at radius 2 is 2.21 bits per heavy atom. The third-order valence-corrected chi connectivity index (χ3v) is 4.18. The van der Waals surface area contributed by atoms with Crippen LogP contribution in [0.2, 0.25) is 0 Å². The van der Waals surface area contributed by atoms with Crippen molar-refractivity contribution in [2.75, 3.05) is 5.32 Å². The van der Waals surface area contributed by atoms with E-state index in [-0.39, 0.29) is 17.7 Å². The Morgan fingerprint density at radius 1 is 1.53 bits per heavy atom. The second-order valence-corrected chi connectivity index (χ2v) is 5.43. The fourth-order valence-electron chi connectivity index (χ4n) is 2.97. The molecule has 2 atom stereocenters. The highest BCUT2D eigenvalue weighted by molar-refractivity contribution is 6.04. The van der Waals surface area contributed by atoms with Gasteiger partial charge in [-0.15, -0.1) is 0 Å². The Balaban J connectivity index is 1.75. The van der Waals surface area contributed by atoms with Gasteiger partial charge in [0, 0.05) is 13.0 Å². The number of carbonyl (C=O) groups is 1. The van der Waals surface area contributed by atoms with Crippen molar-refractivity contribution in [2.45, 2.75) is 19.3 Å². The molecule has 2 saturated carbocycles. The zero-order valence-corrected chi connectivity index (χ0v) is 10.7. The van der Waals surface area contributed by atoms with Gasteiger partial charge in [-0.3, -0.25) is 9.48 Å². The van der Waals surface area contributed by atoms with Crippen molar-refractivity contribution in [3.05, 3.63) is 11.8 Å². The van der Waals surface area contributed by atoms with E-state index in [2.05, 4.69) is 15.6 Å². The maximum absolute atomic E-state index is 12.2. The van der Waals surface area contributed by atoms with Crippen LogP contribution in [-0.4, -0.2) is 26.7 Å². The maximum Gasteiger partial charge on any atom is 0.228 e. The van der Waals surface area contributed by atoms with Gasteiger partial charge >= 0.3 is 0 Å². The van der Waals surface area contributed by atoms with E-state index in [1.165, 1.54) is 17.3 Å². The van der Waals surface area contributed by atoms with Crippen LogP contribution in [0.15, 0.2) is 11.4 Å². The zero-order chi connectivity index (χ0) is 13.6. The summed E-state index contributed by atoms with van der Waals surface area (Å²) in [5.74, 6) is 2.01. The van der Waals surface area contributed by atoms with Crippen molar-refractivity contribution in [1.82, 2.24) is 9.78 Å². The van der Waals surface area contributed by atoms with Gasteiger partial charge in [-0.25, -0.2) is 0 Å². The van der Waals surface area contributed by atoms with Gasteiger partial charge in [-0.1, -0.05) is 5.16 Å². The molecule has 4 N–H and O–H groups in total. The van der Waals surface area contributed by atoms with Gasteiger partial charge in [0.05, 0.1) is 11.8 Å². The lowest BCUT2D eigenvalue weighted by atomic mass is 10.0. The second-order valence-electron chi connectivity index (χ2n) is 5.43. The van der Waals surface area contributed by atoms with Crippen LogP contribution in [0, 0.1) is 17.8 Å². The van der Waals surface area contributed by atoms with E-state index in [9.17, 15) is 4.79 Å². The quantitative estimate of drug-likeness (QED) is 0.319. The molecule has 0 bridgehead atoms. The molecule has 2 aliphatic rings. The van der Waals surface area contributed by atoms with Crippen molar-refractivity contribution < 1.29 is 10.0 Å². The number of carbonyl (C=O) groups excluding carboxylic acids is 1. The molecular formula is C12H17N5O2. The number of rotatable bonds is 3. The molecule has 1 heterocycles. The van der Waals surface area contributed by atoms with Crippen molar-refractivity contribution in [3.63, 3.8) is 0 Å². The summed E-state index contributed by atoms with van der Waals surface area (Å²) >= 11 is 0. The minimum atomic E-state index is -0.0577. The Morgan fingerprint density at radius 3 is 2.84 bits per heavy atom. The third-order valence-electron chi connectivity index (χ3n) is 4.18. The molecule has 102 valence electrons. The van der Waals surface area contributed by atoms with E-state index in [0.717, 1.165) is 24.7 Å². The number of hydrogen-bond donors (Lipinski definition) is 3. The summed E-state index contributed by atoms with van der Waals surface area (Å²) in [7, 11) is 1.70. The van der Waals surface area contributed by atoms with E-state index in [4.69, 9.17) is 10.9 Å². The van der Waals surface area contributed by atoms with Crippen LogP contribution in [0.5, 0.6) is 0 Å². The predicted molar refractivity (Wildman–Crippen MR) is 68.7 cm³/mol. The fraction of sp³-hybridized carbons (Fsp3) is 0.583. The van der Waals surface area contributed by atoms with Gasteiger partial charge < -0.3 is 16.3 Å². The molecule has 1 amide bonds. The van der Waals surface area contributed by atoms with Crippen molar-refractivity contribution in [3.8, 4) is 0 Å². The van der Waals surface area contributed by atoms with Crippen LogP contribution in [-0.2, 0) is 11.8 Å². The molecule has 7 heteroatoms. The number of aryl methyl sites for hydroxylation is 1. The van der Waals surface area contributed by atoms with Crippen molar-refractivity contribution in [1.29, 1.82) is 0 Å². The molecule has 0 saturated heterocycles. The summed E-state index contributed by atoms with van der Waals surface area (Å²) in [4.78, 5) is 12.2. The summed E-state index contributed by atoms with van der Waals surface area (Å²) in [5.41, 5.74) is 5.99. The van der Waals surface area contributed by atoms with E-state index >= 15 is 0 Å². The molecule has 1 aromatic heterocycles. The summed E-state index contributed by atoms with van der Waals surface area (Å²) in [5, 5.41) is 18.5. The van der Waals surface area contributed by atoms with Crippen molar-refractivity contribution >= 4 is 17.6 Å². The van der Waals surface area contributed by atoms with Gasteiger partial charge in [0.15, 0.2) is 5.84 Å². The summed E-state index contributed by atoms with van der Waals surface area (Å²) in [6.07, 6.45) is 4.71. The van der Waals surface area contributed by atoms with E-state index < -0.39 is 0 Å². The van der Waals surface area contributed by atoms with Crippen LogP contribution in [0.1, 0.15) is 24.8 Å². The maximum atomic E-state index is 12.2. The number of oxime groups is 1. The highest BCUT2D eigenvalue weighted by atomic mass is 16.4. The third kappa shape index (κ3) is 2.05. The van der Waals surface area contributed by atoms with Crippen LogP contribution in [0.25, 0.3) is 0 Å². The molecule has 2 aliphatic carbocycles. The predicted octanol–water partition coefficient (Wildman–Crippen LogP) is 0.499. The van der Waals surface area contributed by atoms with Gasteiger partial charge in [-0.2, -0.15) is 5.10 Å². The van der Waals surface area contributed by atoms with E-state index in [1.807, 2.05) is 0 Å². The summed E-state index contributed by atoms with van der Waals surface area (Å²) < 4.78 is 1.51. The lowest BCUT2D eigenvalue weighted by Crippen LogP contribution is -2.25. The van der Waals surface area contributed by atoms with Crippen molar-refractivity contribution in [2.24, 2.45) is 35.7 Å². The molecule has 0 aromatic carbocycles. The highest BCUT2D eigenvalue weighted by Gasteiger charge is 2.48. The smallest absolute Gasteiger partial charge is 0.228 e. The van der Waals surface area contributed by atoms with Gasteiger partial charge in [-0.05, 0) is 31.1 Å². The average molecular weight is 263 g/mol. The Kier molecular flexibility index (Phi) is 2.69. The minimum Gasteiger partial charge on any atom is -0.409 e. The highest BCUT2D eigenvalue weighted by Crippen LogP contribution is 2.54. The summed E-state index contributed by atoms with van der Waals surface area (Å²) in [6, 6.07) is 0. The number of aromatic nitrogens is 2. The first kappa shape index (κ1) is 12.0.